The number of amides is 1. The average Bonchev–Trinajstić information content (AvgIpc) is 3.25. The lowest BCUT2D eigenvalue weighted by atomic mass is 10.1. The molecule has 168 valence electrons. The summed E-state index contributed by atoms with van der Waals surface area (Å²) in [6.07, 6.45) is 7.24. The number of hydrogen-bond donors (Lipinski definition) is 1. The lowest BCUT2D eigenvalue weighted by Gasteiger charge is -2.23. The molecule has 1 aromatic heterocycles. The number of methoxy groups -OCH3 is 1. The summed E-state index contributed by atoms with van der Waals surface area (Å²) in [5, 5.41) is 7.90. The van der Waals surface area contributed by atoms with Gasteiger partial charge in [0.25, 0.3) is 5.91 Å². The second kappa shape index (κ2) is 8.56. The fourth-order valence-electron chi connectivity index (χ4n) is 4.24. The Kier molecular flexibility index (Phi) is 6.00. The van der Waals surface area contributed by atoms with Gasteiger partial charge < -0.3 is 14.8 Å². The molecule has 4 rings (SSSR count). The minimum Gasteiger partial charge on any atom is -0.493 e. The first-order chi connectivity index (χ1) is 14.8. The molecule has 1 heterocycles. The zero-order valence-electron chi connectivity index (χ0n) is 19.4. The van der Waals surface area contributed by atoms with Gasteiger partial charge in [-0.3, -0.25) is 9.48 Å². The predicted molar refractivity (Wildman–Crippen MR) is 121 cm³/mol. The molecule has 0 radical (unpaired) electrons. The van der Waals surface area contributed by atoms with Crippen molar-refractivity contribution in [2.45, 2.75) is 89.8 Å². The highest BCUT2D eigenvalue weighted by atomic mass is 16.5. The Morgan fingerprint density at radius 3 is 2.45 bits per heavy atom. The maximum Gasteiger partial charge on any atom is 0.270 e. The minimum absolute atomic E-state index is 0.105. The number of rotatable bonds is 7. The molecule has 1 atom stereocenters. The van der Waals surface area contributed by atoms with Crippen molar-refractivity contribution in [1.82, 2.24) is 15.1 Å². The van der Waals surface area contributed by atoms with Crippen molar-refractivity contribution in [3.8, 4) is 11.5 Å². The Hall–Kier alpha value is -2.50. The largest absolute Gasteiger partial charge is 0.493 e. The molecule has 31 heavy (non-hydrogen) atoms. The van der Waals surface area contributed by atoms with Gasteiger partial charge in [-0.1, -0.05) is 6.07 Å². The van der Waals surface area contributed by atoms with Crippen molar-refractivity contribution in [3.63, 3.8) is 0 Å². The van der Waals surface area contributed by atoms with E-state index < -0.39 is 0 Å². The van der Waals surface area contributed by atoms with Crippen LogP contribution >= 0.6 is 0 Å². The van der Waals surface area contributed by atoms with E-state index in [1.807, 2.05) is 35.9 Å². The lowest BCUT2D eigenvalue weighted by Crippen LogP contribution is -2.33. The summed E-state index contributed by atoms with van der Waals surface area (Å²) in [5.74, 6) is 1.88. The summed E-state index contributed by atoms with van der Waals surface area (Å²) < 4.78 is 13.6. The molecule has 2 aromatic rings. The van der Waals surface area contributed by atoms with Crippen LogP contribution in [0.3, 0.4) is 0 Å². The van der Waals surface area contributed by atoms with Crippen molar-refractivity contribution in [1.29, 1.82) is 0 Å². The molecule has 0 spiro atoms. The summed E-state index contributed by atoms with van der Waals surface area (Å²) in [5.41, 5.74) is 2.37. The van der Waals surface area contributed by atoms with E-state index >= 15 is 0 Å². The van der Waals surface area contributed by atoms with E-state index in [4.69, 9.17) is 14.6 Å². The molecule has 2 aliphatic carbocycles. The SMILES string of the molecule is COc1cc(C(C)NC(=O)c2cc(C3CC3)nn2C(C)(C)C)ccc1OC1CCCC1. The van der Waals surface area contributed by atoms with Crippen LogP contribution in [0.5, 0.6) is 11.5 Å². The molecule has 6 heteroatoms. The molecule has 2 aliphatic rings. The minimum atomic E-state index is -0.258. The monoisotopic (exact) mass is 425 g/mol. The van der Waals surface area contributed by atoms with Crippen LogP contribution in [0.1, 0.15) is 99.9 Å². The van der Waals surface area contributed by atoms with Gasteiger partial charge >= 0.3 is 0 Å². The van der Waals surface area contributed by atoms with Crippen LogP contribution in [-0.2, 0) is 5.54 Å². The van der Waals surface area contributed by atoms with Crippen LogP contribution in [-0.4, -0.2) is 28.9 Å². The van der Waals surface area contributed by atoms with E-state index in [1.54, 1.807) is 7.11 Å². The van der Waals surface area contributed by atoms with E-state index in [-0.39, 0.29) is 23.6 Å². The molecule has 1 N–H and O–H groups in total. The van der Waals surface area contributed by atoms with Gasteiger partial charge in [0.15, 0.2) is 11.5 Å². The van der Waals surface area contributed by atoms with E-state index in [0.717, 1.165) is 42.7 Å². The van der Waals surface area contributed by atoms with Gasteiger partial charge in [-0.25, -0.2) is 0 Å². The first kappa shape index (κ1) is 21.7. The van der Waals surface area contributed by atoms with Crippen molar-refractivity contribution in [3.05, 3.63) is 41.2 Å². The number of nitrogens with one attached hydrogen (secondary N) is 1. The Labute approximate surface area is 185 Å². The molecule has 1 amide bonds. The normalized spacial score (nSPS) is 18.1. The average molecular weight is 426 g/mol. The molecule has 0 saturated heterocycles. The van der Waals surface area contributed by atoms with Crippen molar-refractivity contribution >= 4 is 5.91 Å². The Balaban J connectivity index is 1.50. The second-order valence-corrected chi connectivity index (χ2v) is 9.94. The summed E-state index contributed by atoms with van der Waals surface area (Å²) in [6.45, 7) is 8.21. The van der Waals surface area contributed by atoms with Crippen LogP contribution in [0, 0.1) is 0 Å². The Morgan fingerprint density at radius 2 is 1.84 bits per heavy atom. The Bertz CT molecular complexity index is 934. The number of nitrogens with zero attached hydrogens (tertiary/aromatic N) is 2. The first-order valence-electron chi connectivity index (χ1n) is 11.5. The van der Waals surface area contributed by atoms with E-state index in [2.05, 4.69) is 26.1 Å². The molecule has 2 fully saturated rings. The fraction of sp³-hybridized carbons (Fsp3) is 0.600. The lowest BCUT2D eigenvalue weighted by molar-refractivity contribution is 0.0921. The zero-order valence-corrected chi connectivity index (χ0v) is 19.4. The van der Waals surface area contributed by atoms with Gasteiger partial charge in [0.05, 0.1) is 30.5 Å². The molecule has 1 unspecified atom stereocenters. The number of aromatic nitrogens is 2. The van der Waals surface area contributed by atoms with Crippen molar-refractivity contribution in [2.24, 2.45) is 0 Å². The zero-order chi connectivity index (χ0) is 22.2. The van der Waals surface area contributed by atoms with Gasteiger partial charge in [-0.05, 0) is 90.0 Å². The van der Waals surface area contributed by atoms with Gasteiger partial charge in [0.1, 0.15) is 5.69 Å². The summed E-state index contributed by atoms with van der Waals surface area (Å²) in [7, 11) is 1.66. The summed E-state index contributed by atoms with van der Waals surface area (Å²) in [4.78, 5) is 13.2. The molecular weight excluding hydrogens is 390 g/mol. The van der Waals surface area contributed by atoms with Gasteiger partial charge in [-0.2, -0.15) is 5.10 Å². The third-order valence-corrected chi connectivity index (χ3v) is 6.22. The van der Waals surface area contributed by atoms with E-state index in [1.165, 1.54) is 12.8 Å². The first-order valence-corrected chi connectivity index (χ1v) is 11.5. The number of benzene rings is 1. The van der Waals surface area contributed by atoms with Gasteiger partial charge in [0, 0.05) is 5.92 Å². The van der Waals surface area contributed by atoms with E-state index in [0.29, 0.717) is 17.4 Å². The molecular formula is C25H35N3O3. The highest BCUT2D eigenvalue weighted by Gasteiger charge is 2.31. The Morgan fingerprint density at radius 1 is 1.13 bits per heavy atom. The van der Waals surface area contributed by atoms with Crippen LogP contribution in [0.2, 0.25) is 0 Å². The van der Waals surface area contributed by atoms with Crippen molar-refractivity contribution in [2.75, 3.05) is 7.11 Å². The smallest absolute Gasteiger partial charge is 0.270 e. The molecule has 1 aromatic carbocycles. The summed E-state index contributed by atoms with van der Waals surface area (Å²) in [6, 6.07) is 7.72. The highest BCUT2D eigenvalue weighted by molar-refractivity contribution is 5.93. The summed E-state index contributed by atoms with van der Waals surface area (Å²) >= 11 is 0. The molecule has 0 bridgehead atoms. The van der Waals surface area contributed by atoms with Crippen LogP contribution in [0.25, 0.3) is 0 Å². The highest BCUT2D eigenvalue weighted by Crippen LogP contribution is 2.40. The van der Waals surface area contributed by atoms with Gasteiger partial charge in [0.2, 0.25) is 0 Å². The van der Waals surface area contributed by atoms with E-state index in [9.17, 15) is 4.79 Å². The van der Waals surface area contributed by atoms with Crippen LogP contribution < -0.4 is 14.8 Å². The number of ether oxygens (including phenoxy) is 2. The van der Waals surface area contributed by atoms with Crippen LogP contribution in [0.15, 0.2) is 24.3 Å². The standard InChI is InChI=1S/C25H35N3O3/c1-16(18-12-13-22(23(14-18)30-5)31-19-8-6-7-9-19)26-24(29)21-15-20(17-10-11-17)27-28(21)25(2,3)4/h12-17,19H,6-11H2,1-5H3,(H,26,29). The number of hydrogen-bond acceptors (Lipinski definition) is 4. The van der Waals surface area contributed by atoms with Crippen LogP contribution in [0.4, 0.5) is 0 Å². The topological polar surface area (TPSA) is 65.4 Å². The quantitative estimate of drug-likeness (QED) is 0.651. The molecule has 0 aliphatic heterocycles. The number of carbonyl (C=O) groups is 1. The van der Waals surface area contributed by atoms with Crippen molar-refractivity contribution < 1.29 is 14.3 Å². The third kappa shape index (κ3) is 4.89. The third-order valence-electron chi connectivity index (χ3n) is 6.22. The second-order valence-electron chi connectivity index (χ2n) is 9.94. The molecule has 6 nitrogen and oxygen atoms in total. The maximum absolute atomic E-state index is 13.2. The van der Waals surface area contributed by atoms with Gasteiger partial charge in [-0.15, -0.1) is 0 Å². The fourth-order valence-corrected chi connectivity index (χ4v) is 4.24. The number of carbonyl (C=O) groups excluding carboxylic acids is 1. The predicted octanol–water partition coefficient (Wildman–Crippen LogP) is 5.34. The molecule has 2 saturated carbocycles. The maximum atomic E-state index is 13.2.